The lowest BCUT2D eigenvalue weighted by molar-refractivity contribution is 0.0435. The predicted octanol–water partition coefficient (Wildman–Crippen LogP) is 3.59. The molecule has 0 aliphatic heterocycles. The van der Waals surface area contributed by atoms with E-state index in [1.807, 2.05) is 18.2 Å². The molecule has 0 atom stereocenters. The highest BCUT2D eigenvalue weighted by Crippen LogP contribution is 2.29. The zero-order chi connectivity index (χ0) is 13.2. The van der Waals surface area contributed by atoms with E-state index in [0.29, 0.717) is 17.8 Å². The molecule has 0 spiro atoms. The first-order valence-electron chi connectivity index (χ1n) is 6.61. The monoisotopic (exact) mass is 260 g/mol. The van der Waals surface area contributed by atoms with Crippen molar-refractivity contribution in [2.75, 3.05) is 0 Å². The van der Waals surface area contributed by atoms with E-state index in [1.54, 1.807) is 6.07 Å². The number of furan rings is 1. The highest BCUT2D eigenvalue weighted by atomic mass is 16.5. The maximum atomic E-state index is 11.2. The average Bonchev–Trinajstić information content (AvgIpc) is 3.03. The van der Waals surface area contributed by atoms with Crippen molar-refractivity contribution in [3.63, 3.8) is 0 Å². The number of hydrogen-bond acceptors (Lipinski definition) is 3. The van der Waals surface area contributed by atoms with Gasteiger partial charge in [0.25, 0.3) is 0 Å². The van der Waals surface area contributed by atoms with Gasteiger partial charge in [-0.2, -0.15) is 0 Å². The number of carbonyl (C=O) groups is 1. The first-order valence-corrected chi connectivity index (χ1v) is 6.61. The van der Waals surface area contributed by atoms with Gasteiger partial charge in [-0.05, 0) is 18.9 Å². The Balaban J connectivity index is 1.90. The lowest BCUT2D eigenvalue weighted by Crippen LogP contribution is -2.09. The Hall–Kier alpha value is -1.81. The third-order valence-electron chi connectivity index (χ3n) is 3.66. The molecule has 0 radical (unpaired) electrons. The van der Waals surface area contributed by atoms with E-state index in [-0.39, 0.29) is 11.9 Å². The summed E-state index contributed by atoms with van der Waals surface area (Å²) >= 11 is 0. The van der Waals surface area contributed by atoms with Gasteiger partial charge in [0.1, 0.15) is 5.58 Å². The van der Waals surface area contributed by atoms with Crippen molar-refractivity contribution in [3.05, 3.63) is 35.6 Å². The maximum absolute atomic E-state index is 11.2. The van der Waals surface area contributed by atoms with Crippen LogP contribution in [0.4, 0.5) is 0 Å². The number of carboxylic acid groups (broad SMARTS) is 1. The van der Waals surface area contributed by atoms with Crippen molar-refractivity contribution < 1.29 is 19.1 Å². The van der Waals surface area contributed by atoms with Crippen molar-refractivity contribution in [2.45, 2.75) is 38.4 Å². The van der Waals surface area contributed by atoms with Crippen LogP contribution in [-0.4, -0.2) is 17.2 Å². The van der Waals surface area contributed by atoms with Crippen LogP contribution in [0.1, 0.15) is 41.8 Å². The number of fused-ring (bicyclic) bond motifs is 1. The van der Waals surface area contributed by atoms with Gasteiger partial charge in [-0.3, -0.25) is 0 Å². The summed E-state index contributed by atoms with van der Waals surface area (Å²) in [5, 5.41) is 10.0. The van der Waals surface area contributed by atoms with Gasteiger partial charge in [0.15, 0.2) is 0 Å². The van der Waals surface area contributed by atoms with E-state index in [4.69, 9.17) is 9.15 Å². The van der Waals surface area contributed by atoms with Gasteiger partial charge in [-0.1, -0.05) is 31.0 Å². The van der Waals surface area contributed by atoms with Crippen LogP contribution in [-0.2, 0) is 11.3 Å². The fraction of sp³-hybridized carbons (Fsp3) is 0.400. The molecule has 1 saturated carbocycles. The topological polar surface area (TPSA) is 59.7 Å². The highest BCUT2D eigenvalue weighted by Gasteiger charge is 2.22. The molecule has 3 rings (SSSR count). The van der Waals surface area contributed by atoms with Gasteiger partial charge in [0.05, 0.1) is 12.7 Å². The standard InChI is InChI=1S/C15H16O4/c16-15(17)14-12(9-18-10-5-1-2-6-10)11-7-3-4-8-13(11)19-14/h3-4,7-8,10H,1-2,5-6,9H2,(H,16,17). The normalized spacial score (nSPS) is 16.2. The van der Waals surface area contributed by atoms with Gasteiger partial charge in [0, 0.05) is 10.9 Å². The number of aromatic carboxylic acids is 1. The summed E-state index contributed by atoms with van der Waals surface area (Å²) in [4.78, 5) is 11.2. The molecule has 19 heavy (non-hydrogen) atoms. The van der Waals surface area contributed by atoms with Crippen molar-refractivity contribution >= 4 is 16.9 Å². The van der Waals surface area contributed by atoms with Gasteiger partial charge in [-0.25, -0.2) is 4.79 Å². The van der Waals surface area contributed by atoms with Crippen LogP contribution in [0.5, 0.6) is 0 Å². The SMILES string of the molecule is O=C(O)c1oc2ccccc2c1COC1CCCC1. The van der Waals surface area contributed by atoms with E-state index in [0.717, 1.165) is 18.2 Å². The molecule has 1 aliphatic rings. The highest BCUT2D eigenvalue weighted by molar-refractivity contribution is 5.94. The van der Waals surface area contributed by atoms with E-state index < -0.39 is 5.97 Å². The second-order valence-electron chi connectivity index (χ2n) is 4.93. The zero-order valence-electron chi connectivity index (χ0n) is 10.6. The first kappa shape index (κ1) is 12.2. The van der Waals surface area contributed by atoms with Crippen LogP contribution in [0, 0.1) is 0 Å². The van der Waals surface area contributed by atoms with Gasteiger partial charge >= 0.3 is 5.97 Å². The number of ether oxygens (including phenoxy) is 1. The van der Waals surface area contributed by atoms with Gasteiger partial charge < -0.3 is 14.3 Å². The van der Waals surface area contributed by atoms with E-state index >= 15 is 0 Å². The smallest absolute Gasteiger partial charge is 0.372 e. The summed E-state index contributed by atoms with van der Waals surface area (Å²) in [6.45, 7) is 0.309. The summed E-state index contributed by atoms with van der Waals surface area (Å²) in [6, 6.07) is 7.36. The molecule has 4 heteroatoms. The summed E-state index contributed by atoms with van der Waals surface area (Å²) < 4.78 is 11.2. The summed E-state index contributed by atoms with van der Waals surface area (Å²) in [6.07, 6.45) is 4.79. The first-order chi connectivity index (χ1) is 9.25. The summed E-state index contributed by atoms with van der Waals surface area (Å²) in [7, 11) is 0. The van der Waals surface area contributed by atoms with Crippen LogP contribution < -0.4 is 0 Å². The Labute approximate surface area is 111 Å². The molecule has 0 bridgehead atoms. The number of carboxylic acids is 1. The number of hydrogen-bond donors (Lipinski definition) is 1. The van der Waals surface area contributed by atoms with Crippen molar-refractivity contribution in [1.82, 2.24) is 0 Å². The van der Waals surface area contributed by atoms with Gasteiger partial charge in [0.2, 0.25) is 5.76 Å². The molecular formula is C15H16O4. The molecule has 1 aliphatic carbocycles. The molecule has 1 aromatic heterocycles. The Morgan fingerprint density at radius 2 is 2.05 bits per heavy atom. The van der Waals surface area contributed by atoms with Crippen LogP contribution in [0.3, 0.4) is 0 Å². The molecule has 4 nitrogen and oxygen atoms in total. The largest absolute Gasteiger partial charge is 0.475 e. The van der Waals surface area contributed by atoms with Crippen LogP contribution in [0.25, 0.3) is 11.0 Å². The molecule has 0 unspecified atom stereocenters. The number of rotatable bonds is 4. The fourth-order valence-corrected chi connectivity index (χ4v) is 2.67. The number of para-hydroxylation sites is 1. The van der Waals surface area contributed by atoms with Crippen LogP contribution in [0.2, 0.25) is 0 Å². The minimum absolute atomic E-state index is 0.000744. The Bertz CT molecular complexity index is 593. The molecule has 1 aromatic carbocycles. The Morgan fingerprint density at radius 1 is 1.32 bits per heavy atom. The second-order valence-corrected chi connectivity index (χ2v) is 4.93. The quantitative estimate of drug-likeness (QED) is 0.912. The summed E-state index contributed by atoms with van der Waals surface area (Å²) in [5.74, 6) is -1.04. The molecule has 1 N–H and O–H groups in total. The van der Waals surface area contributed by atoms with Gasteiger partial charge in [-0.15, -0.1) is 0 Å². The molecule has 1 fully saturated rings. The lowest BCUT2D eigenvalue weighted by Gasteiger charge is -2.10. The number of benzene rings is 1. The molecule has 0 amide bonds. The molecule has 0 saturated heterocycles. The predicted molar refractivity (Wildman–Crippen MR) is 70.2 cm³/mol. The second kappa shape index (κ2) is 5.05. The molecule has 100 valence electrons. The minimum Gasteiger partial charge on any atom is -0.475 e. The molecule has 2 aromatic rings. The van der Waals surface area contributed by atoms with E-state index in [9.17, 15) is 9.90 Å². The Kier molecular flexibility index (Phi) is 3.25. The van der Waals surface area contributed by atoms with Crippen LogP contribution >= 0.6 is 0 Å². The third kappa shape index (κ3) is 2.36. The van der Waals surface area contributed by atoms with E-state index in [2.05, 4.69) is 0 Å². The van der Waals surface area contributed by atoms with Crippen molar-refractivity contribution in [3.8, 4) is 0 Å². The van der Waals surface area contributed by atoms with Crippen molar-refractivity contribution in [1.29, 1.82) is 0 Å². The fourth-order valence-electron chi connectivity index (χ4n) is 2.67. The Morgan fingerprint density at radius 3 is 2.79 bits per heavy atom. The average molecular weight is 260 g/mol. The van der Waals surface area contributed by atoms with Crippen LogP contribution in [0.15, 0.2) is 28.7 Å². The summed E-state index contributed by atoms with van der Waals surface area (Å²) in [5.41, 5.74) is 1.25. The minimum atomic E-state index is -1.04. The zero-order valence-corrected chi connectivity index (χ0v) is 10.6. The van der Waals surface area contributed by atoms with Crippen molar-refractivity contribution in [2.24, 2.45) is 0 Å². The molecular weight excluding hydrogens is 244 g/mol. The lowest BCUT2D eigenvalue weighted by atomic mass is 10.1. The molecule has 1 heterocycles. The maximum Gasteiger partial charge on any atom is 0.372 e. The third-order valence-corrected chi connectivity index (χ3v) is 3.66. The van der Waals surface area contributed by atoms with E-state index in [1.165, 1.54) is 12.8 Å².